The molecular formula is C15H18FN3. The fourth-order valence-electron chi connectivity index (χ4n) is 2.63. The minimum atomic E-state index is -0.239. The van der Waals surface area contributed by atoms with Gasteiger partial charge >= 0.3 is 0 Å². The Morgan fingerprint density at radius 3 is 2.63 bits per heavy atom. The van der Waals surface area contributed by atoms with Crippen molar-refractivity contribution >= 4 is 16.6 Å². The van der Waals surface area contributed by atoms with Gasteiger partial charge in [-0.25, -0.2) is 9.37 Å². The number of halogens is 1. The van der Waals surface area contributed by atoms with E-state index >= 15 is 0 Å². The number of aromatic nitrogens is 1. The topological polar surface area (TPSA) is 19.4 Å². The fourth-order valence-corrected chi connectivity index (χ4v) is 2.63. The van der Waals surface area contributed by atoms with Gasteiger partial charge in [-0.1, -0.05) is 12.1 Å². The van der Waals surface area contributed by atoms with Gasteiger partial charge in [-0.05, 0) is 26.1 Å². The van der Waals surface area contributed by atoms with E-state index in [1.54, 1.807) is 6.07 Å². The molecule has 0 radical (unpaired) electrons. The molecule has 3 nitrogen and oxygen atoms in total. The molecule has 0 aliphatic carbocycles. The summed E-state index contributed by atoms with van der Waals surface area (Å²) in [5.41, 5.74) is 2.46. The summed E-state index contributed by atoms with van der Waals surface area (Å²) in [6, 6.07) is 7.25. The van der Waals surface area contributed by atoms with Crippen LogP contribution in [0, 0.1) is 12.7 Å². The first kappa shape index (κ1) is 12.4. The first-order chi connectivity index (χ1) is 9.15. The first-order valence-electron chi connectivity index (χ1n) is 6.64. The van der Waals surface area contributed by atoms with E-state index in [9.17, 15) is 4.39 Å². The molecular weight excluding hydrogens is 241 g/mol. The summed E-state index contributed by atoms with van der Waals surface area (Å²) in [6.07, 6.45) is 0. The van der Waals surface area contributed by atoms with Crippen molar-refractivity contribution in [2.45, 2.75) is 6.92 Å². The van der Waals surface area contributed by atoms with E-state index in [4.69, 9.17) is 0 Å². The Bertz CT molecular complexity index is 604. The lowest BCUT2D eigenvalue weighted by Crippen LogP contribution is -2.44. The van der Waals surface area contributed by atoms with E-state index in [1.165, 1.54) is 6.07 Å². The molecule has 100 valence electrons. The minimum Gasteiger partial charge on any atom is -0.368 e. The molecule has 3 rings (SSSR count). The molecule has 1 saturated heterocycles. The number of piperazine rings is 1. The minimum absolute atomic E-state index is 0.239. The lowest BCUT2D eigenvalue weighted by molar-refractivity contribution is 0.313. The lowest BCUT2D eigenvalue weighted by atomic mass is 10.1. The molecule has 0 atom stereocenters. The van der Waals surface area contributed by atoms with Gasteiger partial charge in [0.15, 0.2) is 0 Å². The van der Waals surface area contributed by atoms with Gasteiger partial charge in [-0.3, -0.25) is 0 Å². The molecule has 2 heterocycles. The van der Waals surface area contributed by atoms with Gasteiger partial charge in [0.25, 0.3) is 0 Å². The van der Waals surface area contributed by atoms with E-state index in [-0.39, 0.29) is 5.82 Å². The third-order valence-corrected chi connectivity index (χ3v) is 3.74. The normalized spacial score (nSPS) is 17.1. The average molecular weight is 259 g/mol. The van der Waals surface area contributed by atoms with Crippen LogP contribution in [-0.2, 0) is 0 Å². The van der Waals surface area contributed by atoms with E-state index in [2.05, 4.69) is 27.9 Å². The van der Waals surface area contributed by atoms with Crippen LogP contribution in [0.1, 0.15) is 5.69 Å². The number of rotatable bonds is 1. The zero-order valence-electron chi connectivity index (χ0n) is 11.4. The van der Waals surface area contributed by atoms with Crippen LogP contribution in [-0.4, -0.2) is 43.1 Å². The quantitative estimate of drug-likeness (QED) is 0.784. The highest BCUT2D eigenvalue weighted by Gasteiger charge is 2.18. The second kappa shape index (κ2) is 4.78. The van der Waals surface area contributed by atoms with Gasteiger partial charge < -0.3 is 9.80 Å². The number of likely N-dealkylation sites (N-methyl/N-ethyl adjacent to an activating group) is 1. The second-order valence-electron chi connectivity index (χ2n) is 5.21. The Morgan fingerprint density at radius 2 is 1.89 bits per heavy atom. The molecule has 1 fully saturated rings. The Labute approximate surface area is 112 Å². The number of para-hydroxylation sites is 1. The molecule has 0 N–H and O–H groups in total. The maximum Gasteiger partial charge on any atom is 0.149 e. The van der Waals surface area contributed by atoms with Crippen molar-refractivity contribution in [3.05, 3.63) is 35.8 Å². The fraction of sp³-hybridized carbons (Fsp3) is 0.400. The Balaban J connectivity index is 2.10. The molecule has 2 aromatic rings. The smallest absolute Gasteiger partial charge is 0.149 e. The van der Waals surface area contributed by atoms with Crippen molar-refractivity contribution < 1.29 is 4.39 Å². The largest absolute Gasteiger partial charge is 0.368 e. The molecule has 1 aromatic carbocycles. The van der Waals surface area contributed by atoms with Crippen molar-refractivity contribution in [3.63, 3.8) is 0 Å². The molecule has 4 heteroatoms. The number of benzene rings is 1. The maximum atomic E-state index is 13.9. The van der Waals surface area contributed by atoms with Crippen LogP contribution < -0.4 is 4.90 Å². The predicted octanol–water partition coefficient (Wildman–Crippen LogP) is 2.43. The molecule has 19 heavy (non-hydrogen) atoms. The van der Waals surface area contributed by atoms with Crippen molar-refractivity contribution in [2.75, 3.05) is 38.1 Å². The van der Waals surface area contributed by atoms with Crippen LogP contribution in [0.25, 0.3) is 10.9 Å². The summed E-state index contributed by atoms with van der Waals surface area (Å²) < 4.78 is 13.9. The second-order valence-corrected chi connectivity index (χ2v) is 5.21. The standard InChI is InChI=1S/C15H18FN3/c1-11-10-14(19-8-6-18(2)7-9-19)12-4-3-5-13(16)15(12)17-11/h3-5,10H,6-9H2,1-2H3. The van der Waals surface area contributed by atoms with Gasteiger partial charge in [-0.2, -0.15) is 0 Å². The number of hydrogen-bond donors (Lipinski definition) is 0. The lowest BCUT2D eigenvalue weighted by Gasteiger charge is -2.34. The SMILES string of the molecule is Cc1cc(N2CCN(C)CC2)c2cccc(F)c2n1. The van der Waals surface area contributed by atoms with E-state index in [0.29, 0.717) is 5.52 Å². The Kier molecular flexibility index (Phi) is 3.11. The highest BCUT2D eigenvalue weighted by atomic mass is 19.1. The highest BCUT2D eigenvalue weighted by molar-refractivity contribution is 5.92. The summed E-state index contributed by atoms with van der Waals surface area (Å²) in [4.78, 5) is 8.98. The zero-order chi connectivity index (χ0) is 13.4. The number of hydrogen-bond acceptors (Lipinski definition) is 3. The zero-order valence-corrected chi connectivity index (χ0v) is 11.4. The maximum absolute atomic E-state index is 13.9. The Morgan fingerprint density at radius 1 is 1.16 bits per heavy atom. The summed E-state index contributed by atoms with van der Waals surface area (Å²) in [5, 5.41) is 0.912. The van der Waals surface area contributed by atoms with Gasteiger partial charge in [0.05, 0.1) is 0 Å². The summed E-state index contributed by atoms with van der Waals surface area (Å²) >= 11 is 0. The van der Waals surface area contributed by atoms with E-state index in [1.807, 2.05) is 13.0 Å². The third kappa shape index (κ3) is 2.28. The van der Waals surface area contributed by atoms with Crippen LogP contribution in [0.15, 0.2) is 24.3 Å². The van der Waals surface area contributed by atoms with Crippen molar-refractivity contribution in [1.29, 1.82) is 0 Å². The molecule has 1 aromatic heterocycles. The first-order valence-corrected chi connectivity index (χ1v) is 6.64. The highest BCUT2D eigenvalue weighted by Crippen LogP contribution is 2.28. The molecule has 0 saturated carbocycles. The predicted molar refractivity (Wildman–Crippen MR) is 76.1 cm³/mol. The number of pyridine rings is 1. The monoisotopic (exact) mass is 259 g/mol. The van der Waals surface area contributed by atoms with Crippen LogP contribution >= 0.6 is 0 Å². The van der Waals surface area contributed by atoms with E-state index < -0.39 is 0 Å². The number of anilines is 1. The van der Waals surface area contributed by atoms with Crippen LogP contribution in [0.4, 0.5) is 10.1 Å². The number of aryl methyl sites for hydroxylation is 1. The molecule has 1 aliphatic rings. The average Bonchev–Trinajstić information content (AvgIpc) is 2.40. The molecule has 0 unspecified atom stereocenters. The van der Waals surface area contributed by atoms with Crippen molar-refractivity contribution in [1.82, 2.24) is 9.88 Å². The molecule has 0 spiro atoms. The Hall–Kier alpha value is -1.68. The molecule has 1 aliphatic heterocycles. The van der Waals surface area contributed by atoms with Crippen LogP contribution in [0.3, 0.4) is 0 Å². The number of nitrogens with zero attached hydrogens (tertiary/aromatic N) is 3. The van der Waals surface area contributed by atoms with E-state index in [0.717, 1.165) is 42.9 Å². The van der Waals surface area contributed by atoms with Crippen molar-refractivity contribution in [2.24, 2.45) is 0 Å². The summed E-state index contributed by atoms with van der Waals surface area (Å²) in [6.45, 7) is 5.96. The van der Waals surface area contributed by atoms with Crippen molar-refractivity contribution in [3.8, 4) is 0 Å². The van der Waals surface area contributed by atoms with Gasteiger partial charge in [0, 0.05) is 42.9 Å². The molecule has 0 bridgehead atoms. The van der Waals surface area contributed by atoms with Gasteiger partial charge in [0.1, 0.15) is 11.3 Å². The van der Waals surface area contributed by atoms with Gasteiger partial charge in [0.2, 0.25) is 0 Å². The third-order valence-electron chi connectivity index (χ3n) is 3.74. The summed E-state index contributed by atoms with van der Waals surface area (Å²) in [5.74, 6) is -0.239. The van der Waals surface area contributed by atoms with Crippen LogP contribution in [0.5, 0.6) is 0 Å². The van der Waals surface area contributed by atoms with Gasteiger partial charge in [-0.15, -0.1) is 0 Å². The van der Waals surface area contributed by atoms with Crippen LogP contribution in [0.2, 0.25) is 0 Å². The molecule has 0 amide bonds. The summed E-state index contributed by atoms with van der Waals surface area (Å²) in [7, 11) is 2.13. The number of fused-ring (bicyclic) bond motifs is 1.